The van der Waals surface area contributed by atoms with Crippen molar-refractivity contribution in [2.45, 2.75) is 84.5 Å². The average molecular weight is 431 g/mol. The van der Waals surface area contributed by atoms with Gasteiger partial charge in [0, 0.05) is 6.42 Å². The van der Waals surface area contributed by atoms with Crippen molar-refractivity contribution in [3.63, 3.8) is 0 Å². The predicted octanol–water partition coefficient (Wildman–Crippen LogP) is 1.29. The van der Waals surface area contributed by atoms with Crippen LogP contribution in [0, 0.1) is 0 Å². The SMILES string of the molecule is CC=C(OC(=O)CCCCCCCCCCC)C(=O)OCCCS(=O)(=O)O.[H-].[Na+]. The summed E-state index contributed by atoms with van der Waals surface area (Å²) in [6.45, 7) is 3.55. The molecule has 0 aliphatic carbocycles. The monoisotopic (exact) mass is 430 g/mol. The van der Waals surface area contributed by atoms with Crippen LogP contribution < -0.4 is 29.6 Å². The second-order valence-electron chi connectivity index (χ2n) is 6.48. The number of esters is 2. The summed E-state index contributed by atoms with van der Waals surface area (Å²) in [5.74, 6) is -2.01. The van der Waals surface area contributed by atoms with Crippen molar-refractivity contribution in [1.29, 1.82) is 0 Å². The molecule has 160 valence electrons. The largest absolute Gasteiger partial charge is 1.00 e. The van der Waals surface area contributed by atoms with Crippen molar-refractivity contribution in [2.75, 3.05) is 12.4 Å². The Hall–Kier alpha value is -0.410. The summed E-state index contributed by atoms with van der Waals surface area (Å²) in [6.07, 6.45) is 11.8. The van der Waals surface area contributed by atoms with Crippen LogP contribution in [0.15, 0.2) is 11.8 Å². The molecule has 0 saturated heterocycles. The number of rotatable bonds is 16. The minimum atomic E-state index is -4.08. The zero-order chi connectivity index (χ0) is 20.5. The molecule has 0 aromatic rings. The van der Waals surface area contributed by atoms with E-state index in [2.05, 4.69) is 6.92 Å². The summed E-state index contributed by atoms with van der Waals surface area (Å²) in [5.41, 5.74) is 0. The van der Waals surface area contributed by atoms with Gasteiger partial charge in [-0.1, -0.05) is 58.3 Å². The van der Waals surface area contributed by atoms with Gasteiger partial charge in [0.2, 0.25) is 5.76 Å². The Balaban J connectivity index is -0.00000338. The molecule has 0 unspecified atom stereocenters. The number of allylic oxidation sites excluding steroid dienone is 1. The number of ether oxygens (including phenoxy) is 2. The Bertz CT molecular complexity index is 565. The molecule has 0 aromatic carbocycles. The maximum Gasteiger partial charge on any atom is 1.00 e. The molecule has 0 aliphatic heterocycles. The van der Waals surface area contributed by atoms with Gasteiger partial charge in [-0.25, -0.2) is 4.79 Å². The molecule has 0 fully saturated rings. The quantitative estimate of drug-likeness (QED) is 0.0982. The van der Waals surface area contributed by atoms with Gasteiger partial charge in [0.05, 0.1) is 12.4 Å². The van der Waals surface area contributed by atoms with Crippen LogP contribution in [-0.2, 0) is 29.2 Å². The fraction of sp³-hybridized carbons (Fsp3) is 0.789. The van der Waals surface area contributed by atoms with Crippen LogP contribution in [0.4, 0.5) is 0 Å². The smallest absolute Gasteiger partial charge is 1.00 e. The Morgan fingerprint density at radius 2 is 1.50 bits per heavy atom. The van der Waals surface area contributed by atoms with Crippen LogP contribution in [-0.4, -0.2) is 37.3 Å². The van der Waals surface area contributed by atoms with E-state index in [4.69, 9.17) is 14.0 Å². The summed E-state index contributed by atoms with van der Waals surface area (Å²) in [7, 11) is -4.08. The maximum absolute atomic E-state index is 11.8. The molecule has 7 nitrogen and oxygen atoms in total. The third kappa shape index (κ3) is 18.9. The van der Waals surface area contributed by atoms with E-state index < -0.39 is 27.8 Å². The van der Waals surface area contributed by atoms with Crippen LogP contribution in [0.1, 0.15) is 85.9 Å². The van der Waals surface area contributed by atoms with E-state index in [9.17, 15) is 18.0 Å². The Kier molecular flexibility index (Phi) is 19.8. The molecule has 0 atom stereocenters. The average Bonchev–Trinajstić information content (AvgIpc) is 2.61. The molecular formula is C19H35NaO7S. The van der Waals surface area contributed by atoms with Crippen molar-refractivity contribution < 1.29 is 63.0 Å². The van der Waals surface area contributed by atoms with E-state index in [1.165, 1.54) is 44.6 Å². The number of carbonyl (C=O) groups excluding carboxylic acids is 2. The topological polar surface area (TPSA) is 107 Å². The maximum atomic E-state index is 11.8. The predicted molar refractivity (Wildman–Crippen MR) is 105 cm³/mol. The zero-order valence-electron chi connectivity index (χ0n) is 18.6. The molecule has 9 heteroatoms. The van der Waals surface area contributed by atoms with Crippen molar-refractivity contribution in [1.82, 2.24) is 0 Å². The molecule has 0 bridgehead atoms. The first-order valence-corrected chi connectivity index (χ1v) is 11.4. The zero-order valence-corrected chi connectivity index (χ0v) is 20.4. The summed E-state index contributed by atoms with van der Waals surface area (Å²) < 4.78 is 39.6. The number of unbranched alkanes of at least 4 members (excludes halogenated alkanes) is 8. The van der Waals surface area contributed by atoms with Gasteiger partial charge in [-0.15, -0.1) is 0 Å². The van der Waals surface area contributed by atoms with E-state index in [-0.39, 0.29) is 56.2 Å². The first-order chi connectivity index (χ1) is 12.8. The van der Waals surface area contributed by atoms with Crippen LogP contribution in [0.2, 0.25) is 0 Å². The third-order valence-corrected chi connectivity index (χ3v) is 4.76. The van der Waals surface area contributed by atoms with Gasteiger partial charge in [0.1, 0.15) is 0 Å². The van der Waals surface area contributed by atoms with Crippen LogP contribution in [0.25, 0.3) is 0 Å². The van der Waals surface area contributed by atoms with Crippen molar-refractivity contribution in [3.05, 3.63) is 11.8 Å². The second-order valence-corrected chi connectivity index (χ2v) is 8.05. The Labute approximate surface area is 193 Å². The third-order valence-electron chi connectivity index (χ3n) is 3.95. The first-order valence-electron chi connectivity index (χ1n) is 9.79. The number of carbonyl (C=O) groups is 2. The summed E-state index contributed by atoms with van der Waals surface area (Å²) >= 11 is 0. The molecule has 0 aromatic heterocycles. The molecular weight excluding hydrogens is 395 g/mol. The molecule has 0 heterocycles. The molecule has 0 amide bonds. The summed E-state index contributed by atoms with van der Waals surface area (Å²) in [6, 6.07) is 0. The molecule has 0 rings (SSSR count). The normalized spacial score (nSPS) is 11.6. The Morgan fingerprint density at radius 1 is 0.964 bits per heavy atom. The standard InChI is InChI=1S/C19H34O7S.Na.H/c1-3-5-6-7-8-9-10-11-12-14-18(20)26-17(4-2)19(21)25-15-13-16-27(22,23)24;;/h4H,3,5-16H2,1-2H3,(H,22,23,24);;/q;+1;-1. The number of hydrogen-bond donors (Lipinski definition) is 1. The van der Waals surface area contributed by atoms with Gasteiger partial charge in [0.25, 0.3) is 10.1 Å². The molecule has 0 radical (unpaired) electrons. The molecule has 0 spiro atoms. The van der Waals surface area contributed by atoms with Gasteiger partial charge < -0.3 is 10.9 Å². The summed E-state index contributed by atoms with van der Waals surface area (Å²) in [4.78, 5) is 23.6. The van der Waals surface area contributed by atoms with Gasteiger partial charge in [-0.3, -0.25) is 9.35 Å². The van der Waals surface area contributed by atoms with Gasteiger partial charge in [-0.2, -0.15) is 8.42 Å². The van der Waals surface area contributed by atoms with Crippen molar-refractivity contribution >= 4 is 22.1 Å². The van der Waals surface area contributed by atoms with E-state index >= 15 is 0 Å². The fourth-order valence-corrected chi connectivity index (χ4v) is 2.93. The van der Waals surface area contributed by atoms with E-state index in [0.717, 1.165) is 12.8 Å². The minimum Gasteiger partial charge on any atom is -1.00 e. The van der Waals surface area contributed by atoms with Gasteiger partial charge in [-0.05, 0) is 25.8 Å². The van der Waals surface area contributed by atoms with Gasteiger partial charge in [0.15, 0.2) is 0 Å². The van der Waals surface area contributed by atoms with Crippen LogP contribution in [0.3, 0.4) is 0 Å². The van der Waals surface area contributed by atoms with E-state index in [1.807, 2.05) is 0 Å². The Morgan fingerprint density at radius 3 is 2.00 bits per heavy atom. The molecule has 1 N–H and O–H groups in total. The van der Waals surface area contributed by atoms with E-state index in [1.54, 1.807) is 6.92 Å². The minimum absolute atomic E-state index is 0. The van der Waals surface area contributed by atoms with Crippen molar-refractivity contribution in [3.8, 4) is 0 Å². The van der Waals surface area contributed by atoms with Crippen LogP contribution >= 0.6 is 0 Å². The molecule has 28 heavy (non-hydrogen) atoms. The van der Waals surface area contributed by atoms with E-state index in [0.29, 0.717) is 6.42 Å². The van der Waals surface area contributed by atoms with Gasteiger partial charge >= 0.3 is 41.5 Å². The van der Waals surface area contributed by atoms with Crippen LogP contribution in [0.5, 0.6) is 0 Å². The molecule has 0 saturated carbocycles. The number of hydrogen-bond acceptors (Lipinski definition) is 6. The second kappa shape index (κ2) is 18.6. The summed E-state index contributed by atoms with van der Waals surface area (Å²) in [5, 5.41) is 0. The van der Waals surface area contributed by atoms with Crippen molar-refractivity contribution in [2.24, 2.45) is 0 Å². The molecule has 0 aliphatic rings. The fourth-order valence-electron chi connectivity index (χ4n) is 2.45. The first kappa shape index (κ1) is 29.8.